The highest BCUT2D eigenvalue weighted by Gasteiger charge is 2.28. The average molecular weight is 268 g/mol. The molecule has 0 spiro atoms. The summed E-state index contributed by atoms with van der Waals surface area (Å²) in [7, 11) is 0. The van der Waals surface area contributed by atoms with E-state index in [4.69, 9.17) is 5.73 Å². The highest BCUT2D eigenvalue weighted by Crippen LogP contribution is 2.31. The van der Waals surface area contributed by atoms with Gasteiger partial charge >= 0.3 is 5.97 Å². The van der Waals surface area contributed by atoms with Crippen molar-refractivity contribution in [1.29, 1.82) is 0 Å². The first-order valence-electron chi connectivity index (χ1n) is 6.16. The number of halogens is 1. The minimum Gasteiger partial charge on any atom is -0.478 e. The molecular formula is C13H17FN2O3. The molecule has 2 atom stereocenters. The Bertz CT molecular complexity index is 507. The Hall–Kier alpha value is -1.82. The molecule has 0 aliphatic carbocycles. The molecule has 5 nitrogen and oxygen atoms in total. The number of rotatable bonds is 2. The van der Waals surface area contributed by atoms with E-state index in [1.54, 1.807) is 0 Å². The highest BCUT2D eigenvalue weighted by molar-refractivity contribution is 6.00. The van der Waals surface area contributed by atoms with Crippen molar-refractivity contribution >= 4 is 17.3 Å². The number of hydrogen-bond acceptors (Lipinski definition) is 4. The minimum absolute atomic E-state index is 0.0293. The molecule has 1 aliphatic heterocycles. The van der Waals surface area contributed by atoms with Crippen molar-refractivity contribution in [2.45, 2.75) is 19.4 Å². The molecule has 2 rings (SSSR count). The maximum atomic E-state index is 13.4. The van der Waals surface area contributed by atoms with Crippen LogP contribution in [0.5, 0.6) is 0 Å². The fraction of sp³-hybridized carbons (Fsp3) is 0.462. The van der Waals surface area contributed by atoms with Crippen molar-refractivity contribution in [1.82, 2.24) is 0 Å². The second-order valence-electron chi connectivity index (χ2n) is 4.94. The van der Waals surface area contributed by atoms with Crippen molar-refractivity contribution in [3.8, 4) is 0 Å². The molecule has 1 aromatic rings. The van der Waals surface area contributed by atoms with Crippen LogP contribution < -0.4 is 10.6 Å². The Morgan fingerprint density at radius 1 is 1.53 bits per heavy atom. The van der Waals surface area contributed by atoms with Gasteiger partial charge < -0.3 is 20.8 Å². The van der Waals surface area contributed by atoms with Gasteiger partial charge in [0.1, 0.15) is 11.4 Å². The molecule has 104 valence electrons. The first kappa shape index (κ1) is 13.6. The van der Waals surface area contributed by atoms with Crippen LogP contribution >= 0.6 is 0 Å². The van der Waals surface area contributed by atoms with Gasteiger partial charge in [-0.05, 0) is 24.5 Å². The summed E-state index contributed by atoms with van der Waals surface area (Å²) in [6, 6.07) is 2.60. The van der Waals surface area contributed by atoms with E-state index in [-0.39, 0.29) is 23.3 Å². The molecule has 19 heavy (non-hydrogen) atoms. The first-order valence-corrected chi connectivity index (χ1v) is 6.16. The van der Waals surface area contributed by atoms with Gasteiger partial charge in [-0.2, -0.15) is 0 Å². The third-order valence-electron chi connectivity index (χ3n) is 3.58. The third kappa shape index (κ3) is 2.49. The monoisotopic (exact) mass is 268 g/mol. The number of benzene rings is 1. The van der Waals surface area contributed by atoms with E-state index in [0.29, 0.717) is 25.2 Å². The van der Waals surface area contributed by atoms with Crippen LogP contribution in [0.15, 0.2) is 12.1 Å². The van der Waals surface area contributed by atoms with Crippen LogP contribution in [0, 0.1) is 11.7 Å². The summed E-state index contributed by atoms with van der Waals surface area (Å²) in [5, 5.41) is 18.9. The zero-order valence-electron chi connectivity index (χ0n) is 10.6. The van der Waals surface area contributed by atoms with Crippen molar-refractivity contribution < 1.29 is 19.4 Å². The lowest BCUT2D eigenvalue weighted by molar-refractivity contribution is 0.0697. The summed E-state index contributed by atoms with van der Waals surface area (Å²) < 4.78 is 13.4. The number of aliphatic hydroxyl groups excluding tert-OH is 1. The van der Waals surface area contributed by atoms with E-state index >= 15 is 0 Å². The normalized spacial score (nSPS) is 23.4. The molecule has 1 fully saturated rings. The molecule has 1 saturated heterocycles. The summed E-state index contributed by atoms with van der Waals surface area (Å²) in [6.45, 7) is 2.94. The predicted molar refractivity (Wildman–Crippen MR) is 69.8 cm³/mol. The summed E-state index contributed by atoms with van der Waals surface area (Å²) in [5.74, 6) is -1.95. The van der Waals surface area contributed by atoms with Crippen LogP contribution in [-0.4, -0.2) is 35.4 Å². The lowest BCUT2D eigenvalue weighted by Gasteiger charge is -2.36. The maximum Gasteiger partial charge on any atom is 0.340 e. The zero-order chi connectivity index (χ0) is 14.2. The number of aliphatic hydroxyl groups is 1. The Morgan fingerprint density at radius 3 is 2.79 bits per heavy atom. The number of anilines is 2. The van der Waals surface area contributed by atoms with Gasteiger partial charge in [-0.15, -0.1) is 0 Å². The Morgan fingerprint density at radius 2 is 2.21 bits per heavy atom. The van der Waals surface area contributed by atoms with Gasteiger partial charge in [0.05, 0.1) is 17.5 Å². The second kappa shape index (κ2) is 5.05. The average Bonchev–Trinajstić information content (AvgIpc) is 2.35. The van der Waals surface area contributed by atoms with Crippen LogP contribution in [0.3, 0.4) is 0 Å². The Labute approximate surface area is 110 Å². The lowest BCUT2D eigenvalue weighted by Crippen LogP contribution is -2.42. The number of carboxylic acid groups (broad SMARTS) is 1. The van der Waals surface area contributed by atoms with E-state index in [2.05, 4.69) is 0 Å². The van der Waals surface area contributed by atoms with E-state index < -0.39 is 11.8 Å². The van der Waals surface area contributed by atoms with Crippen LogP contribution in [0.2, 0.25) is 0 Å². The van der Waals surface area contributed by atoms with Gasteiger partial charge in [-0.25, -0.2) is 9.18 Å². The molecule has 0 aromatic heterocycles. The number of hydrogen-bond donors (Lipinski definition) is 3. The van der Waals surface area contributed by atoms with Crippen molar-refractivity contribution in [3.05, 3.63) is 23.5 Å². The third-order valence-corrected chi connectivity index (χ3v) is 3.58. The van der Waals surface area contributed by atoms with Crippen molar-refractivity contribution in [3.63, 3.8) is 0 Å². The lowest BCUT2D eigenvalue weighted by atomic mass is 9.95. The summed E-state index contributed by atoms with van der Waals surface area (Å²) in [6.07, 6.45) is 0.166. The number of carbonyl (C=O) groups is 1. The molecule has 0 bridgehead atoms. The first-order chi connectivity index (χ1) is 8.91. The maximum absolute atomic E-state index is 13.4. The van der Waals surface area contributed by atoms with Gasteiger partial charge in [0, 0.05) is 13.1 Å². The number of nitrogens with zero attached hydrogens (tertiary/aromatic N) is 1. The van der Waals surface area contributed by atoms with Gasteiger partial charge in [0.2, 0.25) is 0 Å². The molecule has 1 aromatic carbocycles. The number of carboxylic acids is 1. The van der Waals surface area contributed by atoms with Gasteiger partial charge in [-0.1, -0.05) is 6.92 Å². The van der Waals surface area contributed by atoms with E-state index in [1.807, 2.05) is 11.8 Å². The van der Waals surface area contributed by atoms with E-state index in [0.717, 1.165) is 0 Å². The number of piperidine rings is 1. The molecular weight excluding hydrogens is 251 g/mol. The van der Waals surface area contributed by atoms with Gasteiger partial charge in [0.15, 0.2) is 0 Å². The molecule has 1 heterocycles. The van der Waals surface area contributed by atoms with Crippen LogP contribution in [0.1, 0.15) is 23.7 Å². The topological polar surface area (TPSA) is 86.8 Å². The molecule has 2 unspecified atom stereocenters. The summed E-state index contributed by atoms with van der Waals surface area (Å²) in [5.41, 5.74) is 5.38. The quantitative estimate of drug-likeness (QED) is 0.704. The Kier molecular flexibility index (Phi) is 3.61. The zero-order valence-corrected chi connectivity index (χ0v) is 10.6. The van der Waals surface area contributed by atoms with Crippen molar-refractivity contribution in [2.24, 2.45) is 5.92 Å². The number of aromatic carboxylic acids is 1. The van der Waals surface area contributed by atoms with Crippen LogP contribution in [-0.2, 0) is 0 Å². The fourth-order valence-corrected chi connectivity index (χ4v) is 2.42. The smallest absolute Gasteiger partial charge is 0.340 e. The van der Waals surface area contributed by atoms with Gasteiger partial charge in [0.25, 0.3) is 0 Å². The minimum atomic E-state index is -1.24. The van der Waals surface area contributed by atoms with E-state index in [9.17, 15) is 19.4 Å². The second-order valence-corrected chi connectivity index (χ2v) is 4.94. The molecule has 0 radical (unpaired) electrons. The van der Waals surface area contributed by atoms with Crippen molar-refractivity contribution in [2.75, 3.05) is 23.7 Å². The number of nitrogens with two attached hydrogens (primary N) is 1. The van der Waals surface area contributed by atoms with E-state index in [1.165, 1.54) is 12.1 Å². The van der Waals surface area contributed by atoms with Gasteiger partial charge in [-0.3, -0.25) is 0 Å². The standard InChI is InChI=1S/C13H17FN2O3/c1-7-6-16(5-4-10(7)17)9-3-2-8(14)12(15)11(9)13(18)19/h2-3,7,10,17H,4-6,15H2,1H3,(H,18,19). The molecule has 1 aliphatic rings. The summed E-state index contributed by atoms with van der Waals surface area (Å²) >= 11 is 0. The largest absolute Gasteiger partial charge is 0.478 e. The molecule has 4 N–H and O–H groups in total. The summed E-state index contributed by atoms with van der Waals surface area (Å²) in [4.78, 5) is 13.1. The predicted octanol–water partition coefficient (Wildman–Crippen LogP) is 1.31. The van der Waals surface area contributed by atoms with Crippen LogP contribution in [0.25, 0.3) is 0 Å². The molecule has 6 heteroatoms. The SMILES string of the molecule is CC1CN(c2ccc(F)c(N)c2C(=O)O)CCC1O. The Balaban J connectivity index is 2.40. The highest BCUT2D eigenvalue weighted by atomic mass is 19.1. The molecule has 0 saturated carbocycles. The van der Waals surface area contributed by atoms with Crippen LogP contribution in [0.4, 0.5) is 15.8 Å². The molecule has 0 amide bonds. The fourth-order valence-electron chi connectivity index (χ4n) is 2.42. The number of nitrogen functional groups attached to an aromatic ring is 1.